The second kappa shape index (κ2) is 8.48. The van der Waals surface area contributed by atoms with Gasteiger partial charge in [0, 0.05) is 42.8 Å². The monoisotopic (exact) mass is 318 g/mol. The molecule has 0 aliphatic rings. The van der Waals surface area contributed by atoms with Crippen molar-refractivity contribution in [2.75, 3.05) is 13.1 Å². The number of hydrogen-bond donors (Lipinski definition) is 2. The van der Waals surface area contributed by atoms with Crippen molar-refractivity contribution < 1.29 is 4.79 Å². The predicted octanol–water partition coefficient (Wildman–Crippen LogP) is 3.09. The summed E-state index contributed by atoms with van der Waals surface area (Å²) in [6.45, 7) is 5.58. The van der Waals surface area contributed by atoms with Gasteiger partial charge in [-0.15, -0.1) is 11.3 Å². The molecule has 0 saturated carbocycles. The van der Waals surface area contributed by atoms with E-state index in [1.54, 1.807) is 17.5 Å². The van der Waals surface area contributed by atoms with Crippen molar-refractivity contribution in [3.63, 3.8) is 0 Å². The Morgan fingerprint density at radius 1 is 1.32 bits per heavy atom. The van der Waals surface area contributed by atoms with Crippen molar-refractivity contribution in [3.05, 3.63) is 35.6 Å². The molecule has 0 fully saturated rings. The zero-order valence-electron chi connectivity index (χ0n) is 13.0. The fourth-order valence-corrected chi connectivity index (χ4v) is 2.73. The molecule has 0 unspecified atom stereocenters. The molecule has 2 amide bonds. The van der Waals surface area contributed by atoms with Crippen molar-refractivity contribution in [3.8, 4) is 10.6 Å². The van der Waals surface area contributed by atoms with Crippen LogP contribution in [0.4, 0.5) is 4.79 Å². The molecule has 0 spiro atoms. The number of amides is 2. The highest BCUT2D eigenvalue weighted by Gasteiger charge is 2.05. The first kappa shape index (κ1) is 16.4. The lowest BCUT2D eigenvalue weighted by atomic mass is 10.1. The summed E-state index contributed by atoms with van der Waals surface area (Å²) in [6, 6.07) is 3.79. The third kappa shape index (κ3) is 5.44. The standard InChI is InChI=1S/C16H22N4OS/c1-12(2)5-8-18-16(21)19-9-6-14-11-22-15(20-14)13-4-3-7-17-10-13/h3-4,7,10-12H,5-6,8-9H2,1-2H3,(H2,18,19,21). The predicted molar refractivity (Wildman–Crippen MR) is 89.9 cm³/mol. The molecule has 5 nitrogen and oxygen atoms in total. The molecule has 0 aromatic carbocycles. The van der Waals surface area contributed by atoms with E-state index in [-0.39, 0.29) is 6.03 Å². The number of rotatable bonds is 7. The van der Waals surface area contributed by atoms with Gasteiger partial charge >= 0.3 is 6.03 Å². The van der Waals surface area contributed by atoms with E-state index in [1.165, 1.54) is 0 Å². The molecule has 0 atom stereocenters. The fourth-order valence-electron chi connectivity index (χ4n) is 1.88. The zero-order valence-corrected chi connectivity index (χ0v) is 13.8. The molecule has 0 saturated heterocycles. The third-order valence-corrected chi connectivity index (χ3v) is 4.07. The fraction of sp³-hybridized carbons (Fsp3) is 0.438. The van der Waals surface area contributed by atoms with Gasteiger partial charge in [-0.25, -0.2) is 9.78 Å². The molecule has 2 N–H and O–H groups in total. The maximum Gasteiger partial charge on any atom is 0.314 e. The van der Waals surface area contributed by atoms with Crippen molar-refractivity contribution in [1.29, 1.82) is 0 Å². The maximum absolute atomic E-state index is 11.6. The third-order valence-electron chi connectivity index (χ3n) is 3.13. The molecule has 6 heteroatoms. The van der Waals surface area contributed by atoms with Gasteiger partial charge in [-0.1, -0.05) is 13.8 Å². The van der Waals surface area contributed by atoms with Crippen LogP contribution in [0.25, 0.3) is 10.6 Å². The van der Waals surface area contributed by atoms with E-state index in [2.05, 4.69) is 34.4 Å². The summed E-state index contributed by atoms with van der Waals surface area (Å²) in [6.07, 6.45) is 5.28. The number of nitrogens with zero attached hydrogens (tertiary/aromatic N) is 2. The minimum Gasteiger partial charge on any atom is -0.338 e. The number of carbonyl (C=O) groups excluding carboxylic acids is 1. The van der Waals surface area contributed by atoms with Gasteiger partial charge < -0.3 is 10.6 Å². The molecule has 0 bridgehead atoms. The molecule has 118 valence electrons. The smallest absolute Gasteiger partial charge is 0.314 e. The summed E-state index contributed by atoms with van der Waals surface area (Å²) in [5.41, 5.74) is 2.02. The Kier molecular flexibility index (Phi) is 6.33. The van der Waals surface area contributed by atoms with Crippen LogP contribution in [0.3, 0.4) is 0 Å². The van der Waals surface area contributed by atoms with Crippen molar-refractivity contribution >= 4 is 17.4 Å². The summed E-state index contributed by atoms with van der Waals surface area (Å²) in [5.74, 6) is 0.598. The molecule has 2 aromatic rings. The van der Waals surface area contributed by atoms with E-state index >= 15 is 0 Å². The molecule has 0 radical (unpaired) electrons. The Morgan fingerprint density at radius 2 is 2.14 bits per heavy atom. The first-order chi connectivity index (χ1) is 10.6. The van der Waals surface area contributed by atoms with Gasteiger partial charge in [0.2, 0.25) is 0 Å². The van der Waals surface area contributed by atoms with Crippen molar-refractivity contribution in [2.45, 2.75) is 26.7 Å². The van der Waals surface area contributed by atoms with Crippen LogP contribution in [0.1, 0.15) is 26.0 Å². The second-order valence-electron chi connectivity index (χ2n) is 5.50. The molecular weight excluding hydrogens is 296 g/mol. The van der Waals surface area contributed by atoms with E-state index in [1.807, 2.05) is 23.7 Å². The van der Waals surface area contributed by atoms with Crippen LogP contribution < -0.4 is 10.6 Å². The zero-order chi connectivity index (χ0) is 15.8. The summed E-state index contributed by atoms with van der Waals surface area (Å²) >= 11 is 1.60. The summed E-state index contributed by atoms with van der Waals surface area (Å²) in [4.78, 5) is 20.3. The summed E-state index contributed by atoms with van der Waals surface area (Å²) in [7, 11) is 0. The molecule has 0 aliphatic carbocycles. The van der Waals surface area contributed by atoms with Gasteiger partial charge in [-0.3, -0.25) is 4.98 Å². The average Bonchev–Trinajstić information content (AvgIpc) is 2.97. The Hall–Kier alpha value is -1.95. The Balaban J connectivity index is 1.72. The van der Waals surface area contributed by atoms with Crippen molar-refractivity contribution in [1.82, 2.24) is 20.6 Å². The number of carbonyl (C=O) groups is 1. The van der Waals surface area contributed by atoms with Gasteiger partial charge in [-0.05, 0) is 24.5 Å². The number of urea groups is 1. The Morgan fingerprint density at radius 3 is 2.86 bits per heavy atom. The molecular formula is C16H22N4OS. The highest BCUT2D eigenvalue weighted by Crippen LogP contribution is 2.22. The van der Waals surface area contributed by atoms with Crippen LogP contribution in [0.2, 0.25) is 0 Å². The topological polar surface area (TPSA) is 66.9 Å². The van der Waals surface area contributed by atoms with Gasteiger partial charge in [0.25, 0.3) is 0 Å². The molecule has 22 heavy (non-hydrogen) atoms. The lowest BCUT2D eigenvalue weighted by Gasteiger charge is -2.08. The molecule has 2 rings (SSSR count). The molecule has 0 aliphatic heterocycles. The lowest BCUT2D eigenvalue weighted by molar-refractivity contribution is 0.240. The van der Waals surface area contributed by atoms with Gasteiger partial charge in [-0.2, -0.15) is 0 Å². The normalized spacial score (nSPS) is 10.7. The van der Waals surface area contributed by atoms with Gasteiger partial charge in [0.1, 0.15) is 5.01 Å². The minimum atomic E-state index is -0.108. The van der Waals surface area contributed by atoms with E-state index in [9.17, 15) is 4.79 Å². The first-order valence-corrected chi connectivity index (χ1v) is 8.39. The van der Waals surface area contributed by atoms with Gasteiger partial charge in [0.05, 0.1) is 5.69 Å². The largest absolute Gasteiger partial charge is 0.338 e. The van der Waals surface area contributed by atoms with E-state index < -0.39 is 0 Å². The lowest BCUT2D eigenvalue weighted by Crippen LogP contribution is -2.37. The minimum absolute atomic E-state index is 0.108. The van der Waals surface area contributed by atoms with Crippen LogP contribution in [-0.2, 0) is 6.42 Å². The summed E-state index contributed by atoms with van der Waals surface area (Å²) < 4.78 is 0. The SMILES string of the molecule is CC(C)CCNC(=O)NCCc1csc(-c2cccnc2)n1. The van der Waals surface area contributed by atoms with Crippen LogP contribution in [0, 0.1) is 5.92 Å². The number of thiazole rings is 1. The quantitative estimate of drug-likeness (QED) is 0.824. The number of aromatic nitrogens is 2. The second-order valence-corrected chi connectivity index (χ2v) is 6.36. The van der Waals surface area contributed by atoms with Crippen LogP contribution >= 0.6 is 11.3 Å². The van der Waals surface area contributed by atoms with E-state index in [4.69, 9.17) is 0 Å². The average molecular weight is 318 g/mol. The number of nitrogens with one attached hydrogen (secondary N) is 2. The van der Waals surface area contributed by atoms with Crippen LogP contribution in [-0.4, -0.2) is 29.1 Å². The van der Waals surface area contributed by atoms with Gasteiger partial charge in [0.15, 0.2) is 0 Å². The van der Waals surface area contributed by atoms with E-state index in [0.29, 0.717) is 19.0 Å². The Bertz CT molecular complexity index is 583. The number of pyridine rings is 1. The maximum atomic E-state index is 11.6. The van der Waals surface area contributed by atoms with Crippen molar-refractivity contribution in [2.24, 2.45) is 5.92 Å². The number of hydrogen-bond acceptors (Lipinski definition) is 4. The van der Waals surface area contributed by atoms with Crippen LogP contribution in [0.15, 0.2) is 29.9 Å². The van der Waals surface area contributed by atoms with E-state index in [0.717, 1.165) is 29.1 Å². The Labute approximate surface area is 135 Å². The highest BCUT2D eigenvalue weighted by atomic mass is 32.1. The van der Waals surface area contributed by atoms with Crippen LogP contribution in [0.5, 0.6) is 0 Å². The first-order valence-electron chi connectivity index (χ1n) is 7.51. The molecule has 2 aromatic heterocycles. The summed E-state index contributed by atoms with van der Waals surface area (Å²) in [5, 5.41) is 8.70. The molecule has 2 heterocycles. The highest BCUT2D eigenvalue weighted by molar-refractivity contribution is 7.13.